The van der Waals surface area contributed by atoms with E-state index in [1.165, 1.54) is 0 Å². The predicted octanol–water partition coefficient (Wildman–Crippen LogP) is 2.92. The smallest absolute Gasteiger partial charge is 0.229 e. The van der Waals surface area contributed by atoms with Crippen LogP contribution in [0.3, 0.4) is 0 Å². The first-order valence-electron chi connectivity index (χ1n) is 5.81. The van der Waals surface area contributed by atoms with E-state index in [1.54, 1.807) is 18.3 Å². The summed E-state index contributed by atoms with van der Waals surface area (Å²) in [6, 6.07) is 9.16. The lowest BCUT2D eigenvalue weighted by atomic mass is 10.1. The Kier molecular flexibility index (Phi) is 4.16. The molecule has 0 radical (unpaired) electrons. The van der Waals surface area contributed by atoms with Crippen LogP contribution in [0.2, 0.25) is 0 Å². The zero-order valence-corrected chi connectivity index (χ0v) is 12.1. The Hall–Kier alpha value is -1.88. The van der Waals surface area contributed by atoms with Gasteiger partial charge >= 0.3 is 0 Å². The van der Waals surface area contributed by atoms with Gasteiger partial charge in [-0.3, -0.25) is 4.79 Å². The number of anilines is 2. The molecule has 0 aliphatic rings. The molecule has 98 valence electrons. The van der Waals surface area contributed by atoms with Gasteiger partial charge in [0.05, 0.1) is 6.42 Å². The largest absolute Gasteiger partial charge is 0.399 e. The Morgan fingerprint density at radius 1 is 1.37 bits per heavy atom. The van der Waals surface area contributed by atoms with Crippen LogP contribution in [0.1, 0.15) is 11.1 Å². The summed E-state index contributed by atoms with van der Waals surface area (Å²) in [6.45, 7) is 1.90. The van der Waals surface area contributed by atoms with Crippen molar-refractivity contribution < 1.29 is 4.79 Å². The van der Waals surface area contributed by atoms with E-state index in [1.807, 2.05) is 25.1 Å². The third-order valence-electron chi connectivity index (χ3n) is 2.65. The summed E-state index contributed by atoms with van der Waals surface area (Å²) >= 11 is 3.34. The molecule has 0 atom stereocenters. The van der Waals surface area contributed by atoms with Crippen LogP contribution in [-0.2, 0) is 11.2 Å². The number of halogens is 1. The number of nitrogen functional groups attached to an aromatic ring is 1. The van der Waals surface area contributed by atoms with E-state index >= 15 is 0 Å². The number of amides is 1. The van der Waals surface area contributed by atoms with Gasteiger partial charge in [0.1, 0.15) is 5.82 Å². The molecular formula is C14H14BrN3O. The van der Waals surface area contributed by atoms with E-state index in [2.05, 4.69) is 26.2 Å². The van der Waals surface area contributed by atoms with Gasteiger partial charge in [-0.1, -0.05) is 12.1 Å². The number of aryl methyl sites for hydroxylation is 1. The molecule has 1 aromatic heterocycles. The molecule has 0 saturated carbocycles. The van der Waals surface area contributed by atoms with E-state index in [9.17, 15) is 4.79 Å². The number of carbonyl (C=O) groups is 1. The summed E-state index contributed by atoms with van der Waals surface area (Å²) in [5, 5.41) is 2.80. The van der Waals surface area contributed by atoms with Crippen LogP contribution in [0.4, 0.5) is 11.5 Å². The van der Waals surface area contributed by atoms with Crippen LogP contribution in [-0.4, -0.2) is 10.9 Å². The van der Waals surface area contributed by atoms with E-state index < -0.39 is 0 Å². The average molecular weight is 320 g/mol. The summed E-state index contributed by atoms with van der Waals surface area (Å²) < 4.78 is 0.890. The number of hydrogen-bond acceptors (Lipinski definition) is 3. The molecule has 3 N–H and O–H groups in total. The molecule has 0 aliphatic carbocycles. The fraction of sp³-hybridized carbons (Fsp3) is 0.143. The monoisotopic (exact) mass is 319 g/mol. The maximum Gasteiger partial charge on any atom is 0.229 e. The van der Waals surface area contributed by atoms with Crippen molar-refractivity contribution in [2.75, 3.05) is 11.1 Å². The Labute approximate surface area is 120 Å². The molecule has 5 heteroatoms. The molecule has 2 aromatic rings. The number of aromatic nitrogens is 1. The van der Waals surface area contributed by atoms with Gasteiger partial charge in [0.15, 0.2) is 0 Å². The number of rotatable bonds is 3. The molecule has 2 rings (SSSR count). The van der Waals surface area contributed by atoms with Crippen molar-refractivity contribution in [1.29, 1.82) is 0 Å². The minimum atomic E-state index is -0.0947. The highest BCUT2D eigenvalue weighted by atomic mass is 79.9. The number of carbonyl (C=O) groups excluding carboxylic acids is 1. The molecule has 1 amide bonds. The Bertz CT molecular complexity index is 596. The highest BCUT2D eigenvalue weighted by Gasteiger charge is 2.07. The van der Waals surface area contributed by atoms with E-state index in [-0.39, 0.29) is 5.91 Å². The first kappa shape index (κ1) is 13.5. The molecule has 0 spiro atoms. The molecule has 4 nitrogen and oxygen atoms in total. The second-order valence-electron chi connectivity index (χ2n) is 4.29. The van der Waals surface area contributed by atoms with E-state index in [0.29, 0.717) is 17.9 Å². The second-order valence-corrected chi connectivity index (χ2v) is 5.20. The van der Waals surface area contributed by atoms with Crippen LogP contribution in [0.5, 0.6) is 0 Å². The van der Waals surface area contributed by atoms with Gasteiger partial charge in [-0.2, -0.15) is 0 Å². The summed E-state index contributed by atoms with van der Waals surface area (Å²) in [5.41, 5.74) is 8.12. The Balaban J connectivity index is 2.03. The van der Waals surface area contributed by atoms with Gasteiger partial charge in [0.25, 0.3) is 0 Å². The number of pyridine rings is 1. The lowest BCUT2D eigenvalue weighted by Gasteiger charge is -2.07. The molecule has 0 bridgehead atoms. The quantitative estimate of drug-likeness (QED) is 0.855. The normalized spacial score (nSPS) is 10.2. The maximum atomic E-state index is 11.9. The van der Waals surface area contributed by atoms with Crippen molar-refractivity contribution >= 4 is 33.3 Å². The number of hydrogen-bond donors (Lipinski definition) is 2. The molecule has 0 fully saturated rings. The summed E-state index contributed by atoms with van der Waals surface area (Å²) in [6.07, 6.45) is 1.96. The first-order valence-corrected chi connectivity index (χ1v) is 6.60. The fourth-order valence-electron chi connectivity index (χ4n) is 1.67. The van der Waals surface area contributed by atoms with Crippen LogP contribution >= 0.6 is 15.9 Å². The van der Waals surface area contributed by atoms with Crippen LogP contribution in [0.15, 0.2) is 41.0 Å². The van der Waals surface area contributed by atoms with Crippen molar-refractivity contribution in [3.63, 3.8) is 0 Å². The Morgan fingerprint density at radius 2 is 2.05 bits per heavy atom. The average Bonchev–Trinajstić information content (AvgIpc) is 2.36. The van der Waals surface area contributed by atoms with Crippen molar-refractivity contribution in [3.05, 3.63) is 52.1 Å². The van der Waals surface area contributed by atoms with Gasteiger partial charge in [0.2, 0.25) is 5.91 Å². The highest BCUT2D eigenvalue weighted by molar-refractivity contribution is 9.10. The lowest BCUT2D eigenvalue weighted by Crippen LogP contribution is -2.16. The minimum Gasteiger partial charge on any atom is -0.399 e. The van der Waals surface area contributed by atoms with Crippen molar-refractivity contribution in [2.24, 2.45) is 0 Å². The van der Waals surface area contributed by atoms with Gasteiger partial charge < -0.3 is 11.1 Å². The van der Waals surface area contributed by atoms with Gasteiger partial charge in [-0.05, 0) is 52.2 Å². The molecule has 19 heavy (non-hydrogen) atoms. The lowest BCUT2D eigenvalue weighted by molar-refractivity contribution is -0.115. The SMILES string of the molecule is Cc1cc(Br)cnc1NC(=O)Cc1ccc(N)cc1. The third-order valence-corrected chi connectivity index (χ3v) is 3.08. The minimum absolute atomic E-state index is 0.0947. The zero-order chi connectivity index (χ0) is 13.8. The van der Waals surface area contributed by atoms with Crippen LogP contribution < -0.4 is 11.1 Å². The summed E-state index contributed by atoms with van der Waals surface area (Å²) in [5.74, 6) is 0.492. The standard InChI is InChI=1S/C14H14BrN3O/c1-9-6-11(15)8-17-14(9)18-13(19)7-10-2-4-12(16)5-3-10/h2-6,8H,7,16H2,1H3,(H,17,18,19). The maximum absolute atomic E-state index is 11.9. The molecule has 1 aromatic carbocycles. The molecule has 0 aliphatic heterocycles. The van der Waals surface area contributed by atoms with Crippen molar-refractivity contribution in [2.45, 2.75) is 13.3 Å². The zero-order valence-electron chi connectivity index (χ0n) is 10.5. The molecule has 0 unspecified atom stereocenters. The number of nitrogens with zero attached hydrogens (tertiary/aromatic N) is 1. The van der Waals surface area contributed by atoms with E-state index in [4.69, 9.17) is 5.73 Å². The molecular weight excluding hydrogens is 306 g/mol. The highest BCUT2D eigenvalue weighted by Crippen LogP contribution is 2.17. The number of nitrogens with two attached hydrogens (primary N) is 1. The fourth-order valence-corrected chi connectivity index (χ4v) is 2.11. The van der Waals surface area contributed by atoms with Crippen molar-refractivity contribution in [3.8, 4) is 0 Å². The van der Waals surface area contributed by atoms with Crippen LogP contribution in [0, 0.1) is 6.92 Å². The molecule has 0 saturated heterocycles. The topological polar surface area (TPSA) is 68.0 Å². The second kappa shape index (κ2) is 5.84. The summed E-state index contributed by atoms with van der Waals surface area (Å²) in [7, 11) is 0. The van der Waals surface area contributed by atoms with Gasteiger partial charge in [-0.25, -0.2) is 4.98 Å². The molecule has 1 heterocycles. The number of nitrogens with one attached hydrogen (secondary N) is 1. The number of benzene rings is 1. The van der Waals surface area contributed by atoms with E-state index in [0.717, 1.165) is 15.6 Å². The summed E-state index contributed by atoms with van der Waals surface area (Å²) in [4.78, 5) is 16.1. The van der Waals surface area contributed by atoms with Crippen molar-refractivity contribution in [1.82, 2.24) is 4.98 Å². The van der Waals surface area contributed by atoms with Gasteiger partial charge in [-0.15, -0.1) is 0 Å². The van der Waals surface area contributed by atoms with Gasteiger partial charge in [0, 0.05) is 16.4 Å². The Morgan fingerprint density at radius 3 is 2.68 bits per heavy atom. The third kappa shape index (κ3) is 3.79. The first-order chi connectivity index (χ1) is 9.04. The van der Waals surface area contributed by atoms with Crippen LogP contribution in [0.25, 0.3) is 0 Å². The predicted molar refractivity (Wildman–Crippen MR) is 79.9 cm³/mol.